The van der Waals surface area contributed by atoms with Gasteiger partial charge in [-0.2, -0.15) is 0 Å². The molecule has 2 aliphatic heterocycles. The molecule has 0 spiro atoms. The molecule has 0 atom stereocenters. The molecule has 5 rings (SSSR count). The molecule has 1 aromatic heterocycles. The Kier molecular flexibility index (Phi) is 4.52. The van der Waals surface area contributed by atoms with Crippen molar-refractivity contribution in [1.82, 2.24) is 4.57 Å². The van der Waals surface area contributed by atoms with Crippen molar-refractivity contribution < 1.29 is 19.0 Å². The lowest BCUT2D eigenvalue weighted by Crippen LogP contribution is -2.30. The Morgan fingerprint density at radius 3 is 2.77 bits per heavy atom. The summed E-state index contributed by atoms with van der Waals surface area (Å²) in [5, 5.41) is 2.85. The van der Waals surface area contributed by atoms with Crippen LogP contribution in [0.25, 0.3) is 0 Å². The minimum Gasteiger partial charge on any atom is -0.454 e. The Balaban J connectivity index is 1.41. The third-order valence-corrected chi connectivity index (χ3v) is 5.37. The van der Waals surface area contributed by atoms with Gasteiger partial charge in [0.15, 0.2) is 11.5 Å². The minimum absolute atomic E-state index is 0.134. The zero-order valence-electron chi connectivity index (χ0n) is 16.4. The Morgan fingerprint density at radius 1 is 1.03 bits per heavy atom. The molecular weight excluding hydrogens is 384 g/mol. The molecule has 0 fully saturated rings. The number of carbonyl (C=O) groups is 1. The Labute approximate surface area is 172 Å². The zero-order valence-corrected chi connectivity index (χ0v) is 16.4. The Hall–Kier alpha value is -3.58. The van der Waals surface area contributed by atoms with Crippen molar-refractivity contribution in [2.24, 2.45) is 0 Å². The quantitative estimate of drug-likeness (QED) is 0.722. The molecule has 0 bridgehead atoms. The number of fused-ring (bicyclic) bond motifs is 2. The average molecular weight is 404 g/mol. The highest BCUT2D eigenvalue weighted by Gasteiger charge is 2.19. The number of hydrogen-bond acceptors (Lipinski definition) is 5. The summed E-state index contributed by atoms with van der Waals surface area (Å²) >= 11 is 0. The van der Waals surface area contributed by atoms with Gasteiger partial charge in [-0.25, -0.2) is 0 Å². The zero-order chi connectivity index (χ0) is 20.7. The number of aromatic nitrogens is 1. The van der Waals surface area contributed by atoms with Gasteiger partial charge in [-0.05, 0) is 59.5 Å². The van der Waals surface area contributed by atoms with E-state index in [1.807, 2.05) is 36.4 Å². The van der Waals surface area contributed by atoms with Crippen LogP contribution in [0.1, 0.15) is 32.6 Å². The highest BCUT2D eigenvalue weighted by molar-refractivity contribution is 6.05. The van der Waals surface area contributed by atoms with E-state index >= 15 is 0 Å². The van der Waals surface area contributed by atoms with Gasteiger partial charge >= 0.3 is 0 Å². The van der Waals surface area contributed by atoms with Crippen molar-refractivity contribution in [1.29, 1.82) is 0 Å². The van der Waals surface area contributed by atoms with Crippen molar-refractivity contribution in [3.63, 3.8) is 0 Å². The smallest absolute Gasteiger partial charge is 0.263 e. The normalized spacial score (nSPS) is 13.9. The van der Waals surface area contributed by atoms with Crippen LogP contribution in [0.2, 0.25) is 0 Å². The SMILES string of the molecule is Cc1ccn(Cc2ccc3c(c2)OCO3)c(=O)c1C(=O)Nc1ccc2c(c1)COC2. The van der Waals surface area contributed by atoms with Gasteiger partial charge in [0.1, 0.15) is 5.56 Å². The number of pyridine rings is 1. The van der Waals surface area contributed by atoms with Crippen LogP contribution in [-0.4, -0.2) is 17.3 Å². The molecule has 0 unspecified atom stereocenters. The molecule has 0 aliphatic carbocycles. The van der Waals surface area contributed by atoms with Gasteiger partial charge in [0.05, 0.1) is 19.8 Å². The number of nitrogens with zero attached hydrogens (tertiary/aromatic N) is 1. The first-order valence-corrected chi connectivity index (χ1v) is 9.68. The summed E-state index contributed by atoms with van der Waals surface area (Å²) in [5.74, 6) is 0.928. The van der Waals surface area contributed by atoms with Gasteiger partial charge < -0.3 is 24.1 Å². The average Bonchev–Trinajstić information content (AvgIpc) is 3.38. The fourth-order valence-corrected chi connectivity index (χ4v) is 3.75. The van der Waals surface area contributed by atoms with Crippen LogP contribution in [0.3, 0.4) is 0 Å². The lowest BCUT2D eigenvalue weighted by molar-refractivity contribution is 0.102. The monoisotopic (exact) mass is 404 g/mol. The van der Waals surface area contributed by atoms with E-state index in [-0.39, 0.29) is 17.9 Å². The van der Waals surface area contributed by atoms with E-state index < -0.39 is 5.91 Å². The molecule has 0 saturated heterocycles. The molecule has 1 amide bonds. The van der Waals surface area contributed by atoms with Gasteiger partial charge in [-0.1, -0.05) is 12.1 Å². The maximum atomic E-state index is 13.1. The van der Waals surface area contributed by atoms with E-state index in [1.54, 1.807) is 19.2 Å². The first-order chi connectivity index (χ1) is 14.6. The van der Waals surface area contributed by atoms with E-state index in [0.29, 0.717) is 42.5 Å². The Bertz CT molecular complexity index is 1210. The van der Waals surface area contributed by atoms with Crippen molar-refractivity contribution >= 4 is 11.6 Å². The van der Waals surface area contributed by atoms with Crippen LogP contribution >= 0.6 is 0 Å². The summed E-state index contributed by atoms with van der Waals surface area (Å²) in [7, 11) is 0. The first-order valence-electron chi connectivity index (χ1n) is 9.68. The van der Waals surface area contributed by atoms with Gasteiger partial charge in [0.25, 0.3) is 11.5 Å². The predicted octanol–water partition coefficient (Wildman–Crippen LogP) is 3.22. The van der Waals surface area contributed by atoms with Crippen molar-refractivity contribution in [3.8, 4) is 11.5 Å². The summed E-state index contributed by atoms with van der Waals surface area (Å²) < 4.78 is 17.7. The summed E-state index contributed by atoms with van der Waals surface area (Å²) in [6.45, 7) is 3.41. The minimum atomic E-state index is -0.420. The molecule has 2 aliphatic rings. The number of benzene rings is 2. The van der Waals surface area contributed by atoms with Crippen molar-refractivity contribution in [2.45, 2.75) is 26.7 Å². The molecule has 3 heterocycles. The number of nitrogens with one attached hydrogen (secondary N) is 1. The van der Waals surface area contributed by atoms with E-state index in [0.717, 1.165) is 16.7 Å². The first kappa shape index (κ1) is 18.4. The van der Waals surface area contributed by atoms with E-state index in [2.05, 4.69) is 5.32 Å². The number of amides is 1. The lowest BCUT2D eigenvalue weighted by atomic mass is 10.1. The molecule has 30 heavy (non-hydrogen) atoms. The molecule has 1 N–H and O–H groups in total. The van der Waals surface area contributed by atoms with Gasteiger partial charge in [-0.3, -0.25) is 9.59 Å². The van der Waals surface area contributed by atoms with Crippen LogP contribution in [0, 0.1) is 6.92 Å². The predicted molar refractivity (Wildman–Crippen MR) is 110 cm³/mol. The van der Waals surface area contributed by atoms with Gasteiger partial charge in [0.2, 0.25) is 6.79 Å². The van der Waals surface area contributed by atoms with Gasteiger partial charge in [0, 0.05) is 11.9 Å². The summed E-state index contributed by atoms with van der Waals surface area (Å²) in [4.78, 5) is 26.0. The Morgan fingerprint density at radius 2 is 1.87 bits per heavy atom. The number of carbonyl (C=O) groups excluding carboxylic acids is 1. The van der Waals surface area contributed by atoms with Crippen molar-refractivity contribution in [2.75, 3.05) is 12.1 Å². The second-order valence-electron chi connectivity index (χ2n) is 7.42. The number of rotatable bonds is 4. The molecule has 0 radical (unpaired) electrons. The van der Waals surface area contributed by atoms with Crippen LogP contribution in [0.4, 0.5) is 5.69 Å². The molecule has 152 valence electrons. The highest BCUT2D eigenvalue weighted by atomic mass is 16.7. The molecule has 7 heteroatoms. The maximum Gasteiger partial charge on any atom is 0.263 e. The summed E-state index contributed by atoms with van der Waals surface area (Å²) in [6, 6.07) is 13.0. The van der Waals surface area contributed by atoms with E-state index in [1.165, 1.54) is 4.57 Å². The van der Waals surface area contributed by atoms with E-state index in [9.17, 15) is 9.59 Å². The topological polar surface area (TPSA) is 78.8 Å². The van der Waals surface area contributed by atoms with Crippen LogP contribution in [-0.2, 0) is 24.5 Å². The fraction of sp³-hybridized carbons (Fsp3) is 0.217. The number of aryl methyl sites for hydroxylation is 1. The molecule has 3 aromatic rings. The second-order valence-corrected chi connectivity index (χ2v) is 7.42. The number of anilines is 1. The number of ether oxygens (including phenoxy) is 3. The summed E-state index contributed by atoms with van der Waals surface area (Å²) in [5.41, 5.74) is 4.13. The van der Waals surface area contributed by atoms with Crippen molar-refractivity contribution in [3.05, 3.63) is 86.8 Å². The molecule has 7 nitrogen and oxygen atoms in total. The largest absolute Gasteiger partial charge is 0.454 e. The standard InChI is InChI=1S/C23H20N2O5/c1-14-6-7-25(10-15-2-5-19-20(8-15)30-13-29-19)23(27)21(14)22(26)24-18-4-3-16-11-28-12-17(16)9-18/h2-9H,10-13H2,1H3,(H,24,26). The van der Waals surface area contributed by atoms with Gasteiger partial charge in [-0.15, -0.1) is 0 Å². The molecule has 2 aromatic carbocycles. The van der Waals surface area contributed by atoms with Crippen LogP contribution in [0.5, 0.6) is 11.5 Å². The highest BCUT2D eigenvalue weighted by Crippen LogP contribution is 2.32. The third kappa shape index (κ3) is 3.33. The van der Waals surface area contributed by atoms with Crippen LogP contribution < -0.4 is 20.3 Å². The van der Waals surface area contributed by atoms with E-state index in [4.69, 9.17) is 14.2 Å². The lowest BCUT2D eigenvalue weighted by Gasteiger charge is -2.12. The molecule has 0 saturated carbocycles. The molecular formula is C23H20N2O5. The second kappa shape index (κ2) is 7.35. The third-order valence-electron chi connectivity index (χ3n) is 5.37. The summed E-state index contributed by atoms with van der Waals surface area (Å²) in [6.07, 6.45) is 1.70. The number of hydrogen-bond donors (Lipinski definition) is 1. The fourth-order valence-electron chi connectivity index (χ4n) is 3.75. The maximum absolute atomic E-state index is 13.1. The van der Waals surface area contributed by atoms with Crippen LogP contribution in [0.15, 0.2) is 53.5 Å².